The first-order valence-corrected chi connectivity index (χ1v) is 35.7. The van der Waals surface area contributed by atoms with E-state index in [2.05, 4.69) is 54.0 Å². The van der Waals surface area contributed by atoms with E-state index < -0.39 is 98.0 Å². The van der Waals surface area contributed by atoms with Crippen LogP contribution >= 0.6 is 0 Å². The van der Waals surface area contributed by atoms with Gasteiger partial charge in [0.25, 0.3) is 0 Å². The molecule has 4 spiro atoms. The highest BCUT2D eigenvalue weighted by atomic mass is 16.5. The molecular formula is C74H103N3O12. The zero-order chi connectivity index (χ0) is 61.8. The molecule has 89 heavy (non-hydrogen) atoms. The van der Waals surface area contributed by atoms with Crippen molar-refractivity contribution in [3.63, 3.8) is 0 Å². The number of dihydropyridines is 1. The third-order valence-electron chi connectivity index (χ3n) is 29.0. The van der Waals surface area contributed by atoms with Gasteiger partial charge in [-0.1, -0.05) is 86.8 Å². The molecule has 15 aliphatic carbocycles. The van der Waals surface area contributed by atoms with E-state index in [0.29, 0.717) is 55.9 Å². The zero-order valence-electron chi connectivity index (χ0n) is 53.0. The van der Waals surface area contributed by atoms with Gasteiger partial charge in [0.15, 0.2) is 5.78 Å². The van der Waals surface area contributed by atoms with Crippen LogP contribution in [0.1, 0.15) is 181 Å². The first-order chi connectivity index (χ1) is 42.6. The number of nitrogens with two attached hydrogens (primary N) is 1. The Balaban J connectivity index is 0.975. The van der Waals surface area contributed by atoms with E-state index in [9.17, 15) is 35.7 Å². The van der Waals surface area contributed by atoms with Crippen molar-refractivity contribution < 1.29 is 60.2 Å². The van der Waals surface area contributed by atoms with Crippen molar-refractivity contribution >= 4 is 5.78 Å². The molecule has 9 fully saturated rings. The molecule has 9 bridgehead atoms. The zero-order valence-corrected chi connectivity index (χ0v) is 53.0. The molecule has 13 N–H and O–H groups in total. The van der Waals surface area contributed by atoms with Gasteiger partial charge in [-0.15, -0.1) is 0 Å². The topological polar surface area (TPSA) is 268 Å². The summed E-state index contributed by atoms with van der Waals surface area (Å²) in [6, 6.07) is 0. The summed E-state index contributed by atoms with van der Waals surface area (Å²) in [5, 5.41) is 128. The van der Waals surface area contributed by atoms with Crippen molar-refractivity contribution in [1.29, 1.82) is 0 Å². The van der Waals surface area contributed by atoms with Gasteiger partial charge < -0.3 is 71.8 Å². The number of ether oxygens (including phenoxy) is 2. The van der Waals surface area contributed by atoms with Gasteiger partial charge in [0.05, 0.1) is 88.3 Å². The van der Waals surface area contributed by atoms with Crippen molar-refractivity contribution in [2.75, 3.05) is 13.2 Å². The molecule has 18 rings (SSSR count). The highest BCUT2D eigenvalue weighted by Crippen LogP contribution is 2.85. The number of aliphatic hydroxyl groups is 9. The van der Waals surface area contributed by atoms with Gasteiger partial charge in [-0.2, -0.15) is 0 Å². The number of carbonyl (C=O) groups is 1. The molecule has 3 aliphatic heterocycles. The fraction of sp³-hybridized carbons (Fsp3) is 0.770. The maximum atomic E-state index is 17.7. The molecule has 7 saturated carbocycles. The van der Waals surface area contributed by atoms with Crippen LogP contribution in [-0.2, 0) is 14.3 Å². The van der Waals surface area contributed by atoms with E-state index >= 15 is 15.0 Å². The fourth-order valence-corrected chi connectivity index (χ4v) is 25.7. The summed E-state index contributed by atoms with van der Waals surface area (Å²) in [5.74, 6) is -1.25. The molecule has 0 aromatic rings. The summed E-state index contributed by atoms with van der Waals surface area (Å²) in [5.41, 5.74) is -2.41. The normalized spacial score (nSPS) is 52.2. The van der Waals surface area contributed by atoms with Gasteiger partial charge in [-0.05, 0) is 207 Å². The third-order valence-corrected chi connectivity index (χ3v) is 29.0. The molecule has 3 heterocycles. The van der Waals surface area contributed by atoms with Gasteiger partial charge in [0.1, 0.15) is 5.60 Å². The number of nitrogens with one attached hydrogen (secondary N) is 2. The number of allylic oxidation sites excluding steroid dienone is 10. The van der Waals surface area contributed by atoms with Gasteiger partial charge in [-0.25, -0.2) is 0 Å². The van der Waals surface area contributed by atoms with E-state index in [1.165, 1.54) is 16.7 Å². The van der Waals surface area contributed by atoms with Gasteiger partial charge in [0, 0.05) is 58.4 Å². The molecule has 0 amide bonds. The second-order valence-electron chi connectivity index (χ2n) is 32.7. The molecule has 15 nitrogen and oxygen atoms in total. The van der Waals surface area contributed by atoms with Crippen LogP contribution < -0.4 is 16.4 Å². The van der Waals surface area contributed by atoms with Crippen molar-refractivity contribution in [3.05, 3.63) is 93.9 Å². The molecule has 0 radical (unpaired) electrons. The van der Waals surface area contributed by atoms with Crippen molar-refractivity contribution in [2.45, 2.75) is 259 Å². The second kappa shape index (κ2) is 20.9. The van der Waals surface area contributed by atoms with Gasteiger partial charge in [0.2, 0.25) is 0 Å². The maximum Gasteiger partial charge on any atom is 0.189 e. The molecule has 15 heteroatoms. The highest BCUT2D eigenvalue weighted by Gasteiger charge is 2.88. The molecule has 27 unspecified atom stereocenters. The lowest BCUT2D eigenvalue weighted by Crippen LogP contribution is -2.80. The minimum atomic E-state index is -2.02. The Bertz CT molecular complexity index is 3180. The fourth-order valence-electron chi connectivity index (χ4n) is 25.7. The lowest BCUT2D eigenvalue weighted by Gasteiger charge is -2.76. The SMILES string of the molecule is CCCC1CCC2OC3C(C(O)CCCC3(O)C(C)(O)C3CCC4(O)C5=C(NCC(C)O)C(=O)C67C=CC8C9=C%10C(=CC9)C9CCCC9OC%10CC9CCC(CC98)C34CC3(O)C=CC4(C8=C(CCCO)NC(N)C=C8)C=CC53C6(CC(O)C(O)C7)C4)C2CC1. The first kappa shape index (κ1) is 60.6. The van der Waals surface area contributed by atoms with Gasteiger partial charge in [-0.3, -0.25) is 4.79 Å². The Morgan fingerprint density at radius 1 is 0.854 bits per heavy atom. The molecule has 0 aromatic carbocycles. The van der Waals surface area contributed by atoms with Crippen LogP contribution in [0.2, 0.25) is 0 Å². The lowest BCUT2D eigenvalue weighted by atomic mass is 9.27. The number of hydrogen-bond acceptors (Lipinski definition) is 15. The Labute approximate surface area is 526 Å². The van der Waals surface area contributed by atoms with Crippen LogP contribution in [0, 0.1) is 80.3 Å². The van der Waals surface area contributed by atoms with E-state index in [1.54, 1.807) is 13.8 Å². The number of rotatable bonds is 11. The molecular weight excluding hydrogens is 1120 g/mol. The van der Waals surface area contributed by atoms with Crippen LogP contribution in [0.15, 0.2) is 93.9 Å². The largest absolute Gasteiger partial charge is 0.396 e. The summed E-state index contributed by atoms with van der Waals surface area (Å²) in [7, 11) is 0. The van der Waals surface area contributed by atoms with Crippen LogP contribution in [-0.4, -0.2) is 142 Å². The summed E-state index contributed by atoms with van der Waals surface area (Å²) in [4.78, 5) is 17.7. The number of fused-ring (bicyclic) bond motifs is 6. The number of ketones is 1. The summed E-state index contributed by atoms with van der Waals surface area (Å²) in [6.45, 7) is 5.56. The van der Waals surface area contributed by atoms with Crippen LogP contribution in [0.25, 0.3) is 0 Å². The van der Waals surface area contributed by atoms with E-state index in [-0.39, 0.29) is 117 Å². The van der Waals surface area contributed by atoms with Crippen molar-refractivity contribution in [1.82, 2.24) is 10.6 Å². The van der Waals surface area contributed by atoms with E-state index in [0.717, 1.165) is 88.3 Å². The maximum absolute atomic E-state index is 17.7. The monoisotopic (exact) mass is 1230 g/mol. The third kappa shape index (κ3) is 7.85. The number of aliphatic hydroxyl groups excluding tert-OH is 5. The summed E-state index contributed by atoms with van der Waals surface area (Å²) < 4.78 is 14.7. The average Bonchev–Trinajstić information content (AvgIpc) is 1.61. The standard InChI is InChI=1S/C74H103N3O12/c1-4-8-41-13-17-48-56(21-14-41)89-65-61(48)52(80)11-6-25-74(65,87)66(3,84)58-24-27-73(86)63-62(76-37-40(2)79)64(83)68-26-23-44-46-18-19-47-45-9-5-12-55(45)88-57(60(46)47)33-42-15-16-43(34-49(42)44)71(58,73)39-70(85)30-28-67(50-20-22-59(75)77-51(50)10-7-32-78)29-31-72(63,70)69(68,38-67)36-54(82)53(81)35-68/h19-20,22-23,26,28-31,40-45,48-49,52-59,61,65,76-82,84-87H,4-18,21,24-25,27,32-39,75H2,1-3H3. The lowest BCUT2D eigenvalue weighted by molar-refractivity contribution is -0.290. The predicted octanol–water partition coefficient (Wildman–Crippen LogP) is 7.35. The molecule has 18 aliphatic rings. The average molecular weight is 1230 g/mol. The van der Waals surface area contributed by atoms with Crippen LogP contribution in [0.3, 0.4) is 0 Å². The Hall–Kier alpha value is -3.29. The van der Waals surface area contributed by atoms with E-state index in [1.807, 2.05) is 18.2 Å². The number of hydrogen-bond donors (Lipinski definition) is 12. The minimum absolute atomic E-state index is 0.00667. The van der Waals surface area contributed by atoms with Crippen molar-refractivity contribution in [2.24, 2.45) is 86.1 Å². The minimum Gasteiger partial charge on any atom is -0.396 e. The number of carbonyl (C=O) groups excluding carboxylic acids is 1. The summed E-state index contributed by atoms with van der Waals surface area (Å²) >= 11 is 0. The first-order valence-electron chi connectivity index (χ1n) is 35.7. The number of Topliss-reactive ketones (excluding diaryl/α,β-unsaturated/α-hetero) is 1. The smallest absolute Gasteiger partial charge is 0.189 e. The Morgan fingerprint density at radius 3 is 2.47 bits per heavy atom. The van der Waals surface area contributed by atoms with Crippen LogP contribution in [0.4, 0.5) is 0 Å². The molecule has 2 saturated heterocycles. The summed E-state index contributed by atoms with van der Waals surface area (Å²) in [6.07, 6.45) is 28.2. The van der Waals surface area contributed by atoms with Crippen molar-refractivity contribution in [3.8, 4) is 0 Å². The quantitative estimate of drug-likeness (QED) is 0.0902. The molecule has 27 atom stereocenters. The Kier molecular flexibility index (Phi) is 14.2. The van der Waals surface area contributed by atoms with E-state index in [4.69, 9.17) is 15.2 Å². The predicted molar refractivity (Wildman–Crippen MR) is 334 cm³/mol. The molecule has 0 aromatic heterocycles. The highest BCUT2D eigenvalue weighted by molar-refractivity contribution is 6.05. The second-order valence-corrected chi connectivity index (χ2v) is 32.7. The van der Waals surface area contributed by atoms with Crippen LogP contribution in [0.5, 0.6) is 0 Å². The Morgan fingerprint density at radius 2 is 1.66 bits per heavy atom. The van der Waals surface area contributed by atoms with Gasteiger partial charge >= 0.3 is 0 Å². The molecule has 486 valence electrons.